The predicted octanol–water partition coefficient (Wildman–Crippen LogP) is -0.970. The van der Waals surface area contributed by atoms with Gasteiger partial charge >= 0.3 is 0 Å². The van der Waals surface area contributed by atoms with Crippen LogP contribution in [0.5, 0.6) is 0 Å². The van der Waals surface area contributed by atoms with Gasteiger partial charge in [-0.25, -0.2) is 4.90 Å². The summed E-state index contributed by atoms with van der Waals surface area (Å²) in [5.41, 5.74) is 0. The lowest BCUT2D eigenvalue weighted by molar-refractivity contribution is -0.159. The normalized spacial score (nSPS) is 19.2. The van der Waals surface area contributed by atoms with Crippen molar-refractivity contribution < 1.29 is 10.2 Å². The molecular formula is C8H21N3O2. The first kappa shape index (κ1) is 12.8. The Morgan fingerprint density at radius 1 is 1.08 bits per heavy atom. The Balaban J connectivity index is 4.15. The van der Waals surface area contributed by atoms with Crippen LogP contribution >= 0.6 is 0 Å². The summed E-state index contributed by atoms with van der Waals surface area (Å²) >= 11 is 0. The molecule has 0 aliphatic carbocycles. The molecule has 0 aliphatic rings. The molecule has 13 heavy (non-hydrogen) atoms. The van der Waals surface area contributed by atoms with Gasteiger partial charge < -0.3 is 15.5 Å². The molecule has 0 aromatic rings. The number of hydrogen-bond acceptors (Lipinski definition) is 5. The van der Waals surface area contributed by atoms with Gasteiger partial charge in [-0.15, -0.1) is 0 Å². The summed E-state index contributed by atoms with van der Waals surface area (Å²) in [7, 11) is 5.26. The van der Waals surface area contributed by atoms with Crippen LogP contribution in [-0.4, -0.2) is 59.9 Å². The lowest BCUT2D eigenvalue weighted by Crippen LogP contribution is -2.54. The van der Waals surface area contributed by atoms with E-state index in [1.807, 2.05) is 14.0 Å². The van der Waals surface area contributed by atoms with Crippen LogP contribution in [0.25, 0.3) is 0 Å². The fourth-order valence-electron chi connectivity index (χ4n) is 0.884. The summed E-state index contributed by atoms with van der Waals surface area (Å²) in [6.07, 6.45) is -1.40. The number of aliphatic hydroxyl groups excluding tert-OH is 2. The quantitative estimate of drug-likeness (QED) is 0.488. The molecule has 0 heterocycles. The molecule has 3 N–H and O–H groups in total. The maximum atomic E-state index is 9.71. The molecule has 0 aromatic heterocycles. The first-order valence-electron chi connectivity index (χ1n) is 4.39. The van der Waals surface area contributed by atoms with Crippen molar-refractivity contribution >= 4 is 0 Å². The Bertz CT molecular complexity index is 143. The molecule has 0 saturated heterocycles. The second-order valence-corrected chi connectivity index (χ2v) is 3.27. The van der Waals surface area contributed by atoms with E-state index in [0.717, 1.165) is 0 Å². The first-order chi connectivity index (χ1) is 5.91. The Kier molecular flexibility index (Phi) is 5.43. The van der Waals surface area contributed by atoms with Gasteiger partial charge in [-0.2, -0.15) is 0 Å². The van der Waals surface area contributed by atoms with Gasteiger partial charge in [-0.3, -0.25) is 4.90 Å². The minimum Gasteiger partial charge on any atom is -0.379 e. The highest BCUT2D eigenvalue weighted by atomic mass is 16.3. The summed E-state index contributed by atoms with van der Waals surface area (Å²) in [6.45, 7) is 3.54. The molecule has 0 fully saturated rings. The molecule has 0 bridgehead atoms. The van der Waals surface area contributed by atoms with E-state index in [2.05, 4.69) is 5.32 Å². The van der Waals surface area contributed by atoms with Gasteiger partial charge in [0.25, 0.3) is 0 Å². The number of nitrogens with zero attached hydrogens (tertiary/aromatic N) is 2. The molecule has 0 saturated carbocycles. The Morgan fingerprint density at radius 2 is 1.54 bits per heavy atom. The number of aliphatic hydroxyl groups is 2. The van der Waals surface area contributed by atoms with Gasteiger partial charge in [0.15, 0.2) is 6.35 Å². The topological polar surface area (TPSA) is 59.0 Å². The number of hydrogen-bond donors (Lipinski definition) is 3. The van der Waals surface area contributed by atoms with E-state index in [1.165, 1.54) is 4.90 Å². The molecule has 3 atom stereocenters. The molecule has 80 valence electrons. The van der Waals surface area contributed by atoms with Gasteiger partial charge in [0.2, 0.25) is 0 Å². The number of nitrogens with one attached hydrogen (secondary N) is 1. The average molecular weight is 191 g/mol. The third-order valence-corrected chi connectivity index (χ3v) is 2.35. The van der Waals surface area contributed by atoms with Crippen molar-refractivity contribution in [2.24, 2.45) is 0 Å². The molecule has 5 heteroatoms. The fraction of sp³-hybridized carbons (Fsp3) is 1.00. The average Bonchev–Trinajstić information content (AvgIpc) is 2.12. The van der Waals surface area contributed by atoms with E-state index >= 15 is 0 Å². The Morgan fingerprint density at radius 3 is 1.85 bits per heavy atom. The third-order valence-electron chi connectivity index (χ3n) is 2.35. The van der Waals surface area contributed by atoms with E-state index in [1.54, 1.807) is 25.9 Å². The standard InChI is InChI=1S/C8H21N3O2/c1-6(9-3)10(4)8(13)11(5)7(2)12/h6-9,12-13H,1-5H3/t6-,7-,8?/m1/s1. The molecular weight excluding hydrogens is 170 g/mol. The van der Waals surface area contributed by atoms with Crippen molar-refractivity contribution in [3.63, 3.8) is 0 Å². The zero-order chi connectivity index (χ0) is 10.6. The summed E-state index contributed by atoms with van der Waals surface area (Å²) < 4.78 is 0. The highest BCUT2D eigenvalue weighted by Crippen LogP contribution is 2.04. The first-order valence-corrected chi connectivity index (χ1v) is 4.39. The van der Waals surface area contributed by atoms with Crippen molar-refractivity contribution in [1.82, 2.24) is 15.1 Å². The van der Waals surface area contributed by atoms with Gasteiger partial charge in [-0.05, 0) is 35.0 Å². The van der Waals surface area contributed by atoms with Crippen molar-refractivity contribution in [2.75, 3.05) is 21.1 Å². The second kappa shape index (κ2) is 5.51. The molecule has 0 rings (SSSR count). The van der Waals surface area contributed by atoms with E-state index in [-0.39, 0.29) is 6.17 Å². The maximum absolute atomic E-state index is 9.71. The third kappa shape index (κ3) is 3.58. The summed E-state index contributed by atoms with van der Waals surface area (Å²) in [5.74, 6) is 0. The molecule has 5 nitrogen and oxygen atoms in total. The van der Waals surface area contributed by atoms with Crippen molar-refractivity contribution in [3.8, 4) is 0 Å². The highest BCUT2D eigenvalue weighted by molar-refractivity contribution is 4.62. The summed E-state index contributed by atoms with van der Waals surface area (Å²) in [6, 6.07) is 0. The van der Waals surface area contributed by atoms with E-state index < -0.39 is 12.6 Å². The van der Waals surface area contributed by atoms with Crippen LogP contribution in [0.3, 0.4) is 0 Å². The second-order valence-electron chi connectivity index (χ2n) is 3.27. The maximum Gasteiger partial charge on any atom is 0.168 e. The molecule has 0 radical (unpaired) electrons. The van der Waals surface area contributed by atoms with Gasteiger partial charge in [0, 0.05) is 0 Å². The zero-order valence-corrected chi connectivity index (χ0v) is 9.02. The number of rotatable bonds is 5. The van der Waals surface area contributed by atoms with E-state index in [4.69, 9.17) is 0 Å². The van der Waals surface area contributed by atoms with Crippen LogP contribution in [0.4, 0.5) is 0 Å². The van der Waals surface area contributed by atoms with Crippen LogP contribution in [0, 0.1) is 0 Å². The fourth-order valence-corrected chi connectivity index (χ4v) is 0.884. The highest BCUT2D eigenvalue weighted by Gasteiger charge is 2.22. The monoisotopic (exact) mass is 191 g/mol. The molecule has 0 spiro atoms. The van der Waals surface area contributed by atoms with Crippen molar-refractivity contribution in [3.05, 3.63) is 0 Å². The van der Waals surface area contributed by atoms with Gasteiger partial charge in [-0.1, -0.05) is 0 Å². The molecule has 0 aromatic carbocycles. The van der Waals surface area contributed by atoms with E-state index in [9.17, 15) is 10.2 Å². The Labute approximate surface area is 80.0 Å². The minimum atomic E-state index is -0.789. The van der Waals surface area contributed by atoms with Crippen LogP contribution < -0.4 is 5.32 Å². The van der Waals surface area contributed by atoms with Crippen LogP contribution in [0.2, 0.25) is 0 Å². The van der Waals surface area contributed by atoms with Crippen molar-refractivity contribution in [2.45, 2.75) is 32.6 Å². The molecule has 1 unspecified atom stereocenters. The predicted molar refractivity (Wildman–Crippen MR) is 51.7 cm³/mol. The zero-order valence-electron chi connectivity index (χ0n) is 9.02. The van der Waals surface area contributed by atoms with Crippen molar-refractivity contribution in [1.29, 1.82) is 0 Å². The SMILES string of the molecule is CN[C@@H](C)N(C)C(O)N(C)[C@@H](C)O. The van der Waals surface area contributed by atoms with Crippen LogP contribution in [0.1, 0.15) is 13.8 Å². The van der Waals surface area contributed by atoms with Gasteiger partial charge in [0.05, 0.1) is 6.17 Å². The minimum absolute atomic E-state index is 0.0520. The molecule has 0 aliphatic heterocycles. The van der Waals surface area contributed by atoms with Crippen LogP contribution in [0.15, 0.2) is 0 Å². The van der Waals surface area contributed by atoms with Gasteiger partial charge in [0.1, 0.15) is 6.23 Å². The Hall–Kier alpha value is -0.200. The van der Waals surface area contributed by atoms with E-state index in [0.29, 0.717) is 0 Å². The molecule has 0 amide bonds. The summed E-state index contributed by atoms with van der Waals surface area (Å²) in [5, 5.41) is 21.9. The van der Waals surface area contributed by atoms with Crippen LogP contribution in [-0.2, 0) is 0 Å². The smallest absolute Gasteiger partial charge is 0.168 e. The lowest BCUT2D eigenvalue weighted by atomic mass is 10.4. The summed E-state index contributed by atoms with van der Waals surface area (Å²) in [4.78, 5) is 3.18. The largest absolute Gasteiger partial charge is 0.379 e. The lowest BCUT2D eigenvalue weighted by Gasteiger charge is -2.36.